The summed E-state index contributed by atoms with van der Waals surface area (Å²) in [4.78, 5) is 26.3. The Hall–Kier alpha value is -2.35. The zero-order chi connectivity index (χ0) is 21.0. The van der Waals surface area contributed by atoms with Crippen molar-refractivity contribution in [3.63, 3.8) is 0 Å². The predicted octanol–water partition coefficient (Wildman–Crippen LogP) is 5.13. The molecule has 29 heavy (non-hydrogen) atoms. The van der Waals surface area contributed by atoms with Crippen LogP contribution in [0.3, 0.4) is 0 Å². The molecule has 0 saturated carbocycles. The van der Waals surface area contributed by atoms with Gasteiger partial charge in [0.15, 0.2) is 11.5 Å². The first-order chi connectivity index (χ1) is 13.9. The van der Waals surface area contributed by atoms with Crippen LogP contribution in [0.5, 0.6) is 17.2 Å². The standard InChI is InChI=1S/C20H17Cl2NO5S/c1-26-16-10-12(9-15(22)18(16)27-2)11-17-19(24)23(20(25)29-17)7-8-28-14-5-3-13(21)4-6-14/h3-6,9-11H,7-8H2,1-2H3/b17-11-. The molecule has 0 aliphatic carbocycles. The van der Waals surface area contributed by atoms with Crippen LogP contribution < -0.4 is 14.2 Å². The third-order valence-electron chi connectivity index (χ3n) is 4.02. The van der Waals surface area contributed by atoms with Crippen molar-refractivity contribution in [2.75, 3.05) is 27.4 Å². The molecule has 2 aromatic rings. The van der Waals surface area contributed by atoms with Gasteiger partial charge in [0.25, 0.3) is 11.1 Å². The number of hydrogen-bond donors (Lipinski definition) is 0. The molecule has 9 heteroatoms. The second kappa shape index (κ2) is 9.43. The molecule has 1 saturated heterocycles. The highest BCUT2D eigenvalue weighted by Crippen LogP contribution is 2.38. The van der Waals surface area contributed by atoms with Crippen LogP contribution in [0.25, 0.3) is 6.08 Å². The lowest BCUT2D eigenvalue weighted by atomic mass is 10.2. The fraction of sp³-hybridized carbons (Fsp3) is 0.200. The molecule has 0 aromatic heterocycles. The first kappa shape index (κ1) is 21.4. The minimum atomic E-state index is -0.384. The van der Waals surface area contributed by atoms with Crippen LogP contribution in [0.4, 0.5) is 4.79 Å². The Labute approximate surface area is 182 Å². The number of halogens is 2. The van der Waals surface area contributed by atoms with Crippen molar-refractivity contribution in [1.82, 2.24) is 4.90 Å². The largest absolute Gasteiger partial charge is 0.493 e. The Morgan fingerprint density at radius 3 is 2.45 bits per heavy atom. The molecule has 0 unspecified atom stereocenters. The number of imide groups is 1. The minimum Gasteiger partial charge on any atom is -0.493 e. The van der Waals surface area contributed by atoms with E-state index in [0.29, 0.717) is 37.8 Å². The number of amides is 2. The van der Waals surface area contributed by atoms with Crippen LogP contribution in [0.1, 0.15) is 5.56 Å². The van der Waals surface area contributed by atoms with Gasteiger partial charge in [-0.2, -0.15) is 0 Å². The van der Waals surface area contributed by atoms with E-state index in [-0.39, 0.29) is 24.3 Å². The summed E-state index contributed by atoms with van der Waals surface area (Å²) in [5.41, 5.74) is 0.621. The van der Waals surface area contributed by atoms with E-state index in [2.05, 4.69) is 0 Å². The summed E-state index contributed by atoms with van der Waals surface area (Å²) < 4.78 is 16.0. The van der Waals surface area contributed by atoms with E-state index < -0.39 is 0 Å². The molecule has 0 atom stereocenters. The van der Waals surface area contributed by atoms with Gasteiger partial charge in [-0.25, -0.2) is 0 Å². The molecule has 1 aliphatic rings. The van der Waals surface area contributed by atoms with E-state index in [9.17, 15) is 9.59 Å². The van der Waals surface area contributed by atoms with Crippen molar-refractivity contribution in [3.8, 4) is 17.2 Å². The summed E-state index contributed by atoms with van der Waals surface area (Å²) in [6.07, 6.45) is 1.60. The fourth-order valence-corrected chi connectivity index (χ4v) is 3.94. The van der Waals surface area contributed by atoms with Crippen molar-refractivity contribution in [3.05, 3.63) is 56.9 Å². The molecule has 0 bridgehead atoms. The quantitative estimate of drug-likeness (QED) is 0.541. The third kappa shape index (κ3) is 4.98. The highest BCUT2D eigenvalue weighted by atomic mass is 35.5. The highest BCUT2D eigenvalue weighted by Gasteiger charge is 2.34. The van der Waals surface area contributed by atoms with E-state index in [1.807, 2.05) is 0 Å². The van der Waals surface area contributed by atoms with Gasteiger partial charge in [0, 0.05) is 5.02 Å². The molecule has 1 aliphatic heterocycles. The van der Waals surface area contributed by atoms with Crippen LogP contribution >= 0.6 is 35.0 Å². The maximum absolute atomic E-state index is 12.6. The number of ether oxygens (including phenoxy) is 3. The SMILES string of the molecule is COc1cc(/C=C2\SC(=O)N(CCOc3ccc(Cl)cc3)C2=O)cc(Cl)c1OC. The summed E-state index contributed by atoms with van der Waals surface area (Å²) in [5.74, 6) is 1.06. The van der Waals surface area contributed by atoms with Gasteiger partial charge in [-0.3, -0.25) is 14.5 Å². The van der Waals surface area contributed by atoms with Gasteiger partial charge in [0.2, 0.25) is 0 Å². The summed E-state index contributed by atoms with van der Waals surface area (Å²) in [6, 6.07) is 10.2. The van der Waals surface area contributed by atoms with Gasteiger partial charge in [0.05, 0.1) is 30.7 Å². The lowest BCUT2D eigenvalue weighted by Gasteiger charge is -2.13. The van der Waals surface area contributed by atoms with Crippen molar-refractivity contribution in [1.29, 1.82) is 0 Å². The second-order valence-corrected chi connectivity index (χ2v) is 7.71. The Morgan fingerprint density at radius 2 is 1.79 bits per heavy atom. The number of hydrogen-bond acceptors (Lipinski definition) is 6. The average Bonchev–Trinajstić information content (AvgIpc) is 2.96. The van der Waals surface area contributed by atoms with Crippen LogP contribution in [-0.2, 0) is 4.79 Å². The molecule has 2 aromatic carbocycles. The summed E-state index contributed by atoms with van der Waals surface area (Å²) in [5, 5.41) is 0.588. The van der Waals surface area contributed by atoms with Crippen LogP contribution in [0.15, 0.2) is 41.3 Å². The number of carbonyl (C=O) groups is 2. The first-order valence-electron chi connectivity index (χ1n) is 8.48. The van der Waals surface area contributed by atoms with E-state index >= 15 is 0 Å². The van der Waals surface area contributed by atoms with Crippen LogP contribution in [0, 0.1) is 0 Å². The Morgan fingerprint density at radius 1 is 1.07 bits per heavy atom. The Bertz CT molecular complexity index is 962. The molecule has 1 fully saturated rings. The lowest BCUT2D eigenvalue weighted by molar-refractivity contribution is -0.123. The number of carbonyl (C=O) groups excluding carboxylic acids is 2. The monoisotopic (exact) mass is 453 g/mol. The zero-order valence-corrected chi connectivity index (χ0v) is 17.9. The maximum atomic E-state index is 12.6. The molecule has 6 nitrogen and oxygen atoms in total. The molecule has 2 amide bonds. The molecular weight excluding hydrogens is 437 g/mol. The first-order valence-corrected chi connectivity index (χ1v) is 10.1. The smallest absolute Gasteiger partial charge is 0.293 e. The van der Waals surface area contributed by atoms with E-state index in [4.69, 9.17) is 37.4 Å². The van der Waals surface area contributed by atoms with Crippen molar-refractivity contribution < 1.29 is 23.8 Å². The Balaban J connectivity index is 1.69. The number of methoxy groups -OCH3 is 2. The van der Waals surface area contributed by atoms with E-state index in [0.717, 1.165) is 16.7 Å². The molecule has 0 spiro atoms. The normalized spacial score (nSPS) is 15.2. The Kier molecular flexibility index (Phi) is 6.95. The van der Waals surface area contributed by atoms with Crippen molar-refractivity contribution in [2.45, 2.75) is 0 Å². The number of nitrogens with zero attached hydrogens (tertiary/aromatic N) is 1. The predicted molar refractivity (Wildman–Crippen MR) is 114 cm³/mol. The topological polar surface area (TPSA) is 65.1 Å². The van der Waals surface area contributed by atoms with Gasteiger partial charge < -0.3 is 14.2 Å². The van der Waals surface area contributed by atoms with Gasteiger partial charge in [-0.15, -0.1) is 0 Å². The third-order valence-corrected chi connectivity index (χ3v) is 5.46. The molecular formula is C20H17Cl2NO5S. The van der Waals surface area contributed by atoms with Gasteiger partial charge in [0.1, 0.15) is 12.4 Å². The van der Waals surface area contributed by atoms with Gasteiger partial charge in [-0.1, -0.05) is 23.2 Å². The van der Waals surface area contributed by atoms with Crippen molar-refractivity contribution in [2.24, 2.45) is 0 Å². The lowest BCUT2D eigenvalue weighted by Crippen LogP contribution is -2.32. The van der Waals surface area contributed by atoms with E-state index in [1.165, 1.54) is 14.2 Å². The maximum Gasteiger partial charge on any atom is 0.293 e. The second-order valence-electron chi connectivity index (χ2n) is 5.87. The van der Waals surface area contributed by atoms with E-state index in [1.54, 1.807) is 42.5 Å². The van der Waals surface area contributed by atoms with Gasteiger partial charge in [-0.05, 0) is 59.8 Å². The van der Waals surface area contributed by atoms with Gasteiger partial charge >= 0.3 is 0 Å². The number of thioether (sulfide) groups is 1. The summed E-state index contributed by atoms with van der Waals surface area (Å²) >= 11 is 12.9. The molecule has 1 heterocycles. The zero-order valence-electron chi connectivity index (χ0n) is 15.6. The molecule has 0 radical (unpaired) electrons. The highest BCUT2D eigenvalue weighted by molar-refractivity contribution is 8.18. The minimum absolute atomic E-state index is 0.136. The summed E-state index contributed by atoms with van der Waals surface area (Å²) in [7, 11) is 2.98. The summed E-state index contributed by atoms with van der Waals surface area (Å²) in [6.45, 7) is 0.312. The number of benzene rings is 2. The van der Waals surface area contributed by atoms with Crippen LogP contribution in [-0.4, -0.2) is 43.4 Å². The average molecular weight is 454 g/mol. The molecule has 0 N–H and O–H groups in total. The molecule has 152 valence electrons. The fourth-order valence-electron chi connectivity index (χ4n) is 2.65. The van der Waals surface area contributed by atoms with Crippen molar-refractivity contribution >= 4 is 52.2 Å². The molecule has 3 rings (SSSR count). The number of rotatable bonds is 7. The van der Waals surface area contributed by atoms with Crippen LogP contribution in [0.2, 0.25) is 10.0 Å².